The lowest BCUT2D eigenvalue weighted by Crippen LogP contribution is -2.42. The molecule has 0 radical (unpaired) electrons. The Bertz CT molecular complexity index is 882. The van der Waals surface area contributed by atoms with Crippen LogP contribution in [0.1, 0.15) is 75.4 Å². The molecule has 0 aliphatic heterocycles. The van der Waals surface area contributed by atoms with E-state index in [1.54, 1.807) is 0 Å². The molecule has 0 amide bonds. The maximum Gasteiger partial charge on any atom is 0.274 e. The van der Waals surface area contributed by atoms with Gasteiger partial charge in [0.2, 0.25) is 0 Å². The Morgan fingerprint density at radius 2 is 1.64 bits per heavy atom. The van der Waals surface area contributed by atoms with Crippen molar-refractivity contribution < 1.29 is 0 Å². The molecule has 0 unspecified atom stereocenters. The number of nitrogens with zero attached hydrogens (tertiary/aromatic N) is 2. The summed E-state index contributed by atoms with van der Waals surface area (Å²) in [6, 6.07) is 8.59. The van der Waals surface area contributed by atoms with Crippen molar-refractivity contribution in [3.05, 3.63) is 40.3 Å². The second-order valence-electron chi connectivity index (χ2n) is 9.30. The van der Waals surface area contributed by atoms with Crippen LogP contribution in [-0.2, 0) is 0 Å². The summed E-state index contributed by atoms with van der Waals surface area (Å²) in [4.78, 5) is 13.2. The molecule has 1 aromatic carbocycles. The van der Waals surface area contributed by atoms with Gasteiger partial charge in [0, 0.05) is 11.3 Å². The number of fused-ring (bicyclic) bond motifs is 1. The first-order valence-corrected chi connectivity index (χ1v) is 10.3. The van der Waals surface area contributed by atoms with E-state index in [0.717, 1.165) is 10.8 Å². The smallest absolute Gasteiger partial charge is 0.267 e. The van der Waals surface area contributed by atoms with Crippen molar-refractivity contribution in [2.75, 3.05) is 0 Å². The summed E-state index contributed by atoms with van der Waals surface area (Å²) < 4.78 is 1.94. The first-order valence-electron chi connectivity index (χ1n) is 10.3. The molecule has 0 saturated heterocycles. The van der Waals surface area contributed by atoms with Crippen LogP contribution in [0.15, 0.2) is 29.1 Å². The van der Waals surface area contributed by atoms with E-state index in [0.29, 0.717) is 29.2 Å². The highest BCUT2D eigenvalue weighted by atomic mass is 16.1. The zero-order valence-corrected chi connectivity index (χ0v) is 14.8. The van der Waals surface area contributed by atoms with Gasteiger partial charge in [0.1, 0.15) is 0 Å². The van der Waals surface area contributed by atoms with Gasteiger partial charge < -0.3 is 0 Å². The minimum Gasteiger partial charge on any atom is -0.267 e. The molecule has 1 aromatic heterocycles. The van der Waals surface area contributed by atoms with Crippen LogP contribution < -0.4 is 5.56 Å². The standard InChI is InChI=1S/C22H26N2O/c25-21-18-5-2-1-4-17(18)19(16-12-22(13-16)10-3-11-22)23-24(21)20(14-6-7-14)15-8-9-15/h1-2,4-5,14-16,20H,3,6-13H2. The third kappa shape index (κ3) is 2.17. The Morgan fingerprint density at radius 3 is 2.20 bits per heavy atom. The fourth-order valence-electron chi connectivity index (χ4n) is 5.66. The SMILES string of the molecule is O=c1c2ccccc2c(C2CC3(CCC3)C2)nn1C(C1CC1)C1CC1. The molecule has 0 bridgehead atoms. The van der Waals surface area contributed by atoms with Gasteiger partial charge in [-0.05, 0) is 74.7 Å². The van der Waals surface area contributed by atoms with Crippen LogP contribution in [-0.4, -0.2) is 9.78 Å². The summed E-state index contributed by atoms with van der Waals surface area (Å²) in [5, 5.41) is 7.09. The molecule has 4 saturated carbocycles. The van der Waals surface area contributed by atoms with Gasteiger partial charge in [0.15, 0.2) is 0 Å². The molecular weight excluding hydrogens is 308 g/mol. The summed E-state index contributed by atoms with van der Waals surface area (Å²) in [6.07, 6.45) is 11.9. The molecule has 1 spiro atoms. The van der Waals surface area contributed by atoms with E-state index in [-0.39, 0.29) is 5.56 Å². The average Bonchev–Trinajstić information content (AvgIpc) is 3.42. The monoisotopic (exact) mass is 334 g/mol. The molecule has 0 atom stereocenters. The van der Waals surface area contributed by atoms with Crippen LogP contribution in [0.5, 0.6) is 0 Å². The summed E-state index contributed by atoms with van der Waals surface area (Å²) in [5.41, 5.74) is 2.01. The van der Waals surface area contributed by atoms with Crippen molar-refractivity contribution >= 4 is 10.8 Å². The Morgan fingerprint density at radius 1 is 1.00 bits per heavy atom. The van der Waals surface area contributed by atoms with E-state index < -0.39 is 0 Å². The predicted molar refractivity (Wildman–Crippen MR) is 98.7 cm³/mol. The molecule has 1 heterocycles. The number of benzene rings is 1. The van der Waals surface area contributed by atoms with Gasteiger partial charge >= 0.3 is 0 Å². The third-order valence-electron chi connectivity index (χ3n) is 7.51. The fourth-order valence-corrected chi connectivity index (χ4v) is 5.66. The largest absolute Gasteiger partial charge is 0.274 e. The van der Waals surface area contributed by atoms with E-state index in [2.05, 4.69) is 12.1 Å². The van der Waals surface area contributed by atoms with Crippen molar-refractivity contribution in [2.24, 2.45) is 17.3 Å². The molecule has 3 nitrogen and oxygen atoms in total. The van der Waals surface area contributed by atoms with Gasteiger partial charge in [-0.3, -0.25) is 4.79 Å². The lowest BCUT2D eigenvalue weighted by molar-refractivity contribution is 0.00739. The summed E-state index contributed by atoms with van der Waals surface area (Å²) >= 11 is 0. The fraction of sp³-hybridized carbons (Fsp3) is 0.636. The number of hydrogen-bond donors (Lipinski definition) is 0. The van der Waals surface area contributed by atoms with E-state index in [4.69, 9.17) is 5.10 Å². The normalized spacial score (nSPS) is 25.3. The van der Waals surface area contributed by atoms with Crippen LogP contribution in [0.2, 0.25) is 0 Å². The van der Waals surface area contributed by atoms with Crippen molar-refractivity contribution in [2.45, 2.75) is 69.7 Å². The van der Waals surface area contributed by atoms with Crippen LogP contribution >= 0.6 is 0 Å². The number of aromatic nitrogens is 2. The Kier molecular flexibility index (Phi) is 2.88. The highest BCUT2D eigenvalue weighted by Gasteiger charge is 2.50. The number of hydrogen-bond acceptors (Lipinski definition) is 2. The van der Waals surface area contributed by atoms with Gasteiger partial charge in [0.05, 0.1) is 17.1 Å². The van der Waals surface area contributed by atoms with E-state index in [1.165, 1.54) is 63.5 Å². The molecule has 6 rings (SSSR count). The lowest BCUT2D eigenvalue weighted by Gasteiger charge is -2.54. The highest BCUT2D eigenvalue weighted by molar-refractivity contribution is 5.84. The Labute approximate surface area is 148 Å². The lowest BCUT2D eigenvalue weighted by atomic mass is 9.51. The summed E-state index contributed by atoms with van der Waals surface area (Å²) in [6.45, 7) is 0. The first kappa shape index (κ1) is 14.5. The number of rotatable bonds is 4. The van der Waals surface area contributed by atoms with E-state index >= 15 is 0 Å². The average molecular weight is 334 g/mol. The topological polar surface area (TPSA) is 34.9 Å². The molecule has 3 heteroatoms. The molecule has 0 N–H and O–H groups in total. The first-order chi connectivity index (χ1) is 12.2. The maximum atomic E-state index is 13.2. The van der Waals surface area contributed by atoms with Gasteiger partial charge in [-0.25, -0.2) is 4.68 Å². The molecular formula is C22H26N2O. The van der Waals surface area contributed by atoms with Crippen LogP contribution in [0.4, 0.5) is 0 Å². The molecule has 25 heavy (non-hydrogen) atoms. The van der Waals surface area contributed by atoms with Crippen LogP contribution in [0.25, 0.3) is 10.8 Å². The Hall–Kier alpha value is -1.64. The molecule has 4 fully saturated rings. The second-order valence-corrected chi connectivity index (χ2v) is 9.30. The van der Waals surface area contributed by atoms with Crippen molar-refractivity contribution in [1.29, 1.82) is 0 Å². The minimum atomic E-state index is 0.154. The van der Waals surface area contributed by atoms with E-state index in [1.807, 2.05) is 16.8 Å². The quantitative estimate of drug-likeness (QED) is 0.804. The Balaban J connectivity index is 1.48. The minimum absolute atomic E-state index is 0.154. The summed E-state index contributed by atoms with van der Waals surface area (Å²) in [5.74, 6) is 1.97. The van der Waals surface area contributed by atoms with Crippen molar-refractivity contribution in [1.82, 2.24) is 9.78 Å². The zero-order chi connectivity index (χ0) is 16.6. The van der Waals surface area contributed by atoms with Crippen LogP contribution in [0, 0.1) is 17.3 Å². The molecule has 130 valence electrons. The molecule has 2 aromatic rings. The third-order valence-corrected chi connectivity index (χ3v) is 7.51. The maximum absolute atomic E-state index is 13.2. The zero-order valence-electron chi connectivity index (χ0n) is 14.8. The van der Waals surface area contributed by atoms with E-state index in [9.17, 15) is 4.79 Å². The molecule has 4 aliphatic carbocycles. The van der Waals surface area contributed by atoms with Crippen molar-refractivity contribution in [3.8, 4) is 0 Å². The second kappa shape index (κ2) is 4.96. The van der Waals surface area contributed by atoms with Gasteiger partial charge in [-0.15, -0.1) is 0 Å². The highest BCUT2D eigenvalue weighted by Crippen LogP contribution is 2.62. The van der Waals surface area contributed by atoms with Crippen molar-refractivity contribution in [3.63, 3.8) is 0 Å². The van der Waals surface area contributed by atoms with Crippen LogP contribution in [0.3, 0.4) is 0 Å². The van der Waals surface area contributed by atoms with Gasteiger partial charge in [0.25, 0.3) is 5.56 Å². The predicted octanol–water partition coefficient (Wildman–Crippen LogP) is 4.81. The van der Waals surface area contributed by atoms with Gasteiger partial charge in [-0.2, -0.15) is 5.10 Å². The van der Waals surface area contributed by atoms with Gasteiger partial charge in [-0.1, -0.05) is 24.6 Å². The summed E-state index contributed by atoms with van der Waals surface area (Å²) in [7, 11) is 0. The molecule has 4 aliphatic rings.